The minimum absolute atomic E-state index is 0.804. The molecule has 1 N–H and O–H groups in total. The first kappa shape index (κ1) is 12.0. The number of ether oxygens (including phenoxy) is 1. The Kier molecular flexibility index (Phi) is 4.47. The number of nitrogens with one attached hydrogen (secondary N) is 1. The number of para-hydroxylation sites is 1. The molecule has 0 radical (unpaired) electrons. The summed E-state index contributed by atoms with van der Waals surface area (Å²) in [4.78, 5) is 4.60. The summed E-state index contributed by atoms with van der Waals surface area (Å²) in [5, 5.41) is 4.55. The molecule has 0 aliphatic heterocycles. The van der Waals surface area contributed by atoms with E-state index >= 15 is 0 Å². The second-order valence-corrected chi connectivity index (χ2v) is 4.02. The maximum atomic E-state index is 5.00. The van der Waals surface area contributed by atoms with Crippen molar-refractivity contribution in [2.75, 3.05) is 20.3 Å². The maximum Gasteiger partial charge on any atom is 0.0705 e. The minimum Gasteiger partial charge on any atom is -0.385 e. The number of nitrogens with zero attached hydrogens (tertiary/aromatic N) is 1. The van der Waals surface area contributed by atoms with Crippen LogP contribution in [0.1, 0.15) is 12.1 Å². The molecular weight excluding hydrogens is 212 g/mol. The summed E-state index contributed by atoms with van der Waals surface area (Å²) in [6, 6.07) is 12.4. The number of hydrogen-bond donors (Lipinski definition) is 1. The van der Waals surface area contributed by atoms with Crippen LogP contribution in [-0.2, 0) is 11.3 Å². The Morgan fingerprint density at radius 1 is 1.18 bits per heavy atom. The van der Waals surface area contributed by atoms with Crippen molar-refractivity contribution in [1.29, 1.82) is 0 Å². The Balaban J connectivity index is 1.90. The summed E-state index contributed by atoms with van der Waals surface area (Å²) >= 11 is 0. The highest BCUT2D eigenvalue weighted by molar-refractivity contribution is 5.78. The van der Waals surface area contributed by atoms with Gasteiger partial charge in [-0.3, -0.25) is 4.98 Å². The van der Waals surface area contributed by atoms with Gasteiger partial charge in [-0.05, 0) is 25.1 Å². The van der Waals surface area contributed by atoms with Crippen LogP contribution in [0.2, 0.25) is 0 Å². The maximum absolute atomic E-state index is 5.00. The van der Waals surface area contributed by atoms with Gasteiger partial charge in [0.05, 0.1) is 11.2 Å². The summed E-state index contributed by atoms with van der Waals surface area (Å²) in [6.45, 7) is 2.58. The van der Waals surface area contributed by atoms with E-state index in [1.54, 1.807) is 7.11 Å². The van der Waals surface area contributed by atoms with Crippen molar-refractivity contribution in [2.24, 2.45) is 0 Å². The second-order valence-electron chi connectivity index (χ2n) is 4.02. The molecule has 0 fully saturated rings. The first-order chi connectivity index (χ1) is 8.40. The van der Waals surface area contributed by atoms with E-state index in [0.29, 0.717) is 0 Å². The fraction of sp³-hybridized carbons (Fsp3) is 0.357. The van der Waals surface area contributed by atoms with E-state index in [1.165, 1.54) is 5.39 Å². The Bertz CT molecular complexity index is 470. The van der Waals surface area contributed by atoms with Crippen LogP contribution in [0.15, 0.2) is 36.4 Å². The van der Waals surface area contributed by atoms with E-state index < -0.39 is 0 Å². The Morgan fingerprint density at radius 3 is 2.94 bits per heavy atom. The van der Waals surface area contributed by atoms with Crippen LogP contribution in [0.4, 0.5) is 0 Å². The van der Waals surface area contributed by atoms with Crippen LogP contribution in [0.25, 0.3) is 10.9 Å². The predicted octanol–water partition coefficient (Wildman–Crippen LogP) is 2.36. The molecule has 2 rings (SSSR count). The molecule has 0 unspecified atom stereocenters. The van der Waals surface area contributed by atoms with Crippen molar-refractivity contribution in [2.45, 2.75) is 13.0 Å². The van der Waals surface area contributed by atoms with Crippen molar-refractivity contribution >= 4 is 10.9 Å². The fourth-order valence-electron chi connectivity index (χ4n) is 1.76. The van der Waals surface area contributed by atoms with E-state index in [1.807, 2.05) is 18.2 Å². The van der Waals surface area contributed by atoms with Crippen LogP contribution in [-0.4, -0.2) is 25.2 Å². The van der Waals surface area contributed by atoms with E-state index in [9.17, 15) is 0 Å². The fourth-order valence-corrected chi connectivity index (χ4v) is 1.76. The van der Waals surface area contributed by atoms with E-state index in [4.69, 9.17) is 4.74 Å². The van der Waals surface area contributed by atoms with E-state index in [-0.39, 0.29) is 0 Å². The zero-order valence-electron chi connectivity index (χ0n) is 10.1. The first-order valence-corrected chi connectivity index (χ1v) is 5.94. The smallest absolute Gasteiger partial charge is 0.0705 e. The number of methoxy groups -OCH3 is 1. The molecule has 0 spiro atoms. The van der Waals surface area contributed by atoms with Crippen LogP contribution in [0, 0.1) is 0 Å². The second kappa shape index (κ2) is 6.33. The molecule has 90 valence electrons. The molecule has 1 heterocycles. The van der Waals surface area contributed by atoms with Gasteiger partial charge in [-0.2, -0.15) is 0 Å². The molecule has 2 aromatic rings. The summed E-state index contributed by atoms with van der Waals surface area (Å²) in [7, 11) is 1.73. The summed E-state index contributed by atoms with van der Waals surface area (Å²) < 4.78 is 5.00. The molecule has 0 saturated heterocycles. The SMILES string of the molecule is COCCCNCc1ccc2ccccc2n1. The molecule has 0 aliphatic rings. The lowest BCUT2D eigenvalue weighted by atomic mass is 10.2. The molecule has 3 nitrogen and oxygen atoms in total. The largest absolute Gasteiger partial charge is 0.385 e. The van der Waals surface area contributed by atoms with Gasteiger partial charge in [0.2, 0.25) is 0 Å². The van der Waals surface area contributed by atoms with Gasteiger partial charge in [0.25, 0.3) is 0 Å². The lowest BCUT2D eigenvalue weighted by molar-refractivity contribution is 0.194. The van der Waals surface area contributed by atoms with Crippen LogP contribution in [0.3, 0.4) is 0 Å². The van der Waals surface area contributed by atoms with Crippen LogP contribution in [0.5, 0.6) is 0 Å². The molecule has 0 atom stereocenters. The molecule has 1 aromatic heterocycles. The molecule has 17 heavy (non-hydrogen) atoms. The number of aromatic nitrogens is 1. The number of fused-ring (bicyclic) bond motifs is 1. The zero-order chi connectivity index (χ0) is 11.9. The molecule has 0 amide bonds. The zero-order valence-corrected chi connectivity index (χ0v) is 10.1. The third-order valence-corrected chi connectivity index (χ3v) is 2.66. The van der Waals surface area contributed by atoms with Crippen LogP contribution >= 0.6 is 0 Å². The predicted molar refractivity (Wildman–Crippen MR) is 69.9 cm³/mol. The summed E-state index contributed by atoms with van der Waals surface area (Å²) in [6.07, 6.45) is 1.03. The molecule has 0 aliphatic carbocycles. The van der Waals surface area contributed by atoms with Gasteiger partial charge < -0.3 is 10.1 Å². The summed E-state index contributed by atoms with van der Waals surface area (Å²) in [5.74, 6) is 0. The van der Waals surface area contributed by atoms with Gasteiger partial charge in [0.15, 0.2) is 0 Å². The average Bonchev–Trinajstić information content (AvgIpc) is 2.38. The van der Waals surface area contributed by atoms with Crippen LogP contribution < -0.4 is 5.32 Å². The van der Waals surface area contributed by atoms with E-state index in [0.717, 1.165) is 37.3 Å². The third-order valence-electron chi connectivity index (χ3n) is 2.66. The lowest BCUT2D eigenvalue weighted by Crippen LogP contribution is -2.16. The van der Waals surface area contributed by atoms with Crippen molar-refractivity contribution in [3.05, 3.63) is 42.1 Å². The molecule has 3 heteroatoms. The Morgan fingerprint density at radius 2 is 2.06 bits per heavy atom. The molecule has 1 aromatic carbocycles. The van der Waals surface area contributed by atoms with Gasteiger partial charge in [-0.1, -0.05) is 24.3 Å². The number of benzene rings is 1. The van der Waals surface area contributed by atoms with Crippen molar-refractivity contribution in [3.63, 3.8) is 0 Å². The van der Waals surface area contributed by atoms with Gasteiger partial charge in [0.1, 0.15) is 0 Å². The Labute approximate surface area is 102 Å². The quantitative estimate of drug-likeness (QED) is 0.774. The van der Waals surface area contributed by atoms with E-state index in [2.05, 4.69) is 28.5 Å². The minimum atomic E-state index is 0.804. The Hall–Kier alpha value is -1.45. The van der Waals surface area contributed by atoms with Gasteiger partial charge in [-0.15, -0.1) is 0 Å². The van der Waals surface area contributed by atoms with Crippen molar-refractivity contribution in [1.82, 2.24) is 10.3 Å². The number of hydrogen-bond acceptors (Lipinski definition) is 3. The average molecular weight is 230 g/mol. The molecule has 0 saturated carbocycles. The third kappa shape index (κ3) is 3.51. The highest BCUT2D eigenvalue weighted by Gasteiger charge is 1.97. The highest BCUT2D eigenvalue weighted by Crippen LogP contribution is 2.11. The lowest BCUT2D eigenvalue weighted by Gasteiger charge is -2.05. The monoisotopic (exact) mass is 230 g/mol. The number of pyridine rings is 1. The van der Waals surface area contributed by atoms with Gasteiger partial charge in [-0.25, -0.2) is 0 Å². The molecule has 0 bridgehead atoms. The molecular formula is C14H18N2O. The number of rotatable bonds is 6. The normalized spacial score (nSPS) is 10.9. The first-order valence-electron chi connectivity index (χ1n) is 5.94. The topological polar surface area (TPSA) is 34.1 Å². The standard InChI is InChI=1S/C14H18N2O/c1-17-10-4-9-15-11-13-8-7-12-5-2-3-6-14(12)16-13/h2-3,5-8,15H,4,9-11H2,1H3. The highest BCUT2D eigenvalue weighted by atomic mass is 16.5. The van der Waals surface area contributed by atoms with Crippen molar-refractivity contribution < 1.29 is 4.74 Å². The van der Waals surface area contributed by atoms with Gasteiger partial charge >= 0.3 is 0 Å². The summed E-state index contributed by atoms with van der Waals surface area (Å²) in [5.41, 5.74) is 2.14. The van der Waals surface area contributed by atoms with Gasteiger partial charge in [0, 0.05) is 25.6 Å². The van der Waals surface area contributed by atoms with Crippen molar-refractivity contribution in [3.8, 4) is 0 Å².